The van der Waals surface area contributed by atoms with Gasteiger partial charge in [-0.05, 0) is 5.56 Å². The van der Waals surface area contributed by atoms with Crippen molar-refractivity contribution < 1.29 is 24.2 Å². The Morgan fingerprint density at radius 3 is 2.50 bits per heavy atom. The van der Waals surface area contributed by atoms with Gasteiger partial charge in [0.1, 0.15) is 6.61 Å². The van der Waals surface area contributed by atoms with Crippen LogP contribution in [0, 0.1) is 0 Å². The zero-order valence-electron chi connectivity index (χ0n) is 12.0. The van der Waals surface area contributed by atoms with Crippen LogP contribution < -0.4 is 5.73 Å². The van der Waals surface area contributed by atoms with E-state index in [0.29, 0.717) is 0 Å². The summed E-state index contributed by atoms with van der Waals surface area (Å²) in [7, 11) is 0. The molecule has 2 amide bonds. The number of ether oxygens (including phenoxy) is 1. The summed E-state index contributed by atoms with van der Waals surface area (Å²) in [5.41, 5.74) is 6.24. The summed E-state index contributed by atoms with van der Waals surface area (Å²) in [6.07, 6.45) is -0.136. The third-order valence-corrected chi connectivity index (χ3v) is 2.71. The maximum Gasteiger partial charge on any atom is 0.417 e. The molecule has 0 heterocycles. The molecule has 0 spiro atoms. The summed E-state index contributed by atoms with van der Waals surface area (Å²) in [5.74, 6) is -2.04. The molecular weight excluding hydrogens is 288 g/mol. The molecule has 0 aromatic heterocycles. The number of aliphatic carboxylic acids is 1. The van der Waals surface area contributed by atoms with Gasteiger partial charge in [0, 0.05) is 6.54 Å². The summed E-state index contributed by atoms with van der Waals surface area (Å²) in [6.45, 7) is 3.33. The molecule has 1 rings (SSSR count). The number of rotatable bonds is 7. The number of amides is 2. The number of nitrogens with zero attached hydrogens (tertiary/aromatic N) is 1. The van der Waals surface area contributed by atoms with Gasteiger partial charge in [-0.2, -0.15) is 0 Å². The van der Waals surface area contributed by atoms with Gasteiger partial charge in [-0.25, -0.2) is 9.69 Å². The SMILES string of the molecule is C=CCN(C(=O)OCc1ccccc1)C(=O)[C@@H](N)CC(=O)O. The van der Waals surface area contributed by atoms with E-state index in [0.717, 1.165) is 10.5 Å². The monoisotopic (exact) mass is 306 g/mol. The molecule has 1 aromatic rings. The van der Waals surface area contributed by atoms with Gasteiger partial charge in [0.2, 0.25) is 5.91 Å². The highest BCUT2D eigenvalue weighted by Crippen LogP contribution is 2.06. The first kappa shape index (κ1) is 17.4. The van der Waals surface area contributed by atoms with Gasteiger partial charge in [0.15, 0.2) is 0 Å². The van der Waals surface area contributed by atoms with Gasteiger partial charge in [-0.15, -0.1) is 6.58 Å². The lowest BCUT2D eigenvalue weighted by Crippen LogP contribution is -2.47. The fraction of sp³-hybridized carbons (Fsp3) is 0.267. The van der Waals surface area contributed by atoms with Crippen molar-refractivity contribution >= 4 is 18.0 Å². The molecule has 0 saturated carbocycles. The molecule has 0 bridgehead atoms. The van der Waals surface area contributed by atoms with E-state index in [1.54, 1.807) is 24.3 Å². The molecule has 0 unspecified atom stereocenters. The molecule has 0 saturated heterocycles. The van der Waals surface area contributed by atoms with Crippen molar-refractivity contribution in [2.24, 2.45) is 5.73 Å². The van der Waals surface area contributed by atoms with Gasteiger partial charge in [-0.3, -0.25) is 9.59 Å². The summed E-state index contributed by atoms with van der Waals surface area (Å²) in [4.78, 5) is 35.3. The fourth-order valence-electron chi connectivity index (χ4n) is 1.66. The predicted molar refractivity (Wildman–Crippen MR) is 78.8 cm³/mol. The summed E-state index contributed by atoms with van der Waals surface area (Å²) in [6, 6.07) is 7.62. The molecule has 0 aliphatic heterocycles. The van der Waals surface area contributed by atoms with Crippen molar-refractivity contribution in [1.82, 2.24) is 4.90 Å². The van der Waals surface area contributed by atoms with Gasteiger partial charge < -0.3 is 15.6 Å². The van der Waals surface area contributed by atoms with Crippen LogP contribution >= 0.6 is 0 Å². The largest absolute Gasteiger partial charge is 0.481 e. The topological polar surface area (TPSA) is 110 Å². The van der Waals surface area contributed by atoms with Crippen molar-refractivity contribution in [1.29, 1.82) is 0 Å². The third kappa shape index (κ3) is 5.37. The van der Waals surface area contributed by atoms with E-state index in [1.165, 1.54) is 6.08 Å². The number of imide groups is 1. The van der Waals surface area contributed by atoms with Crippen LogP contribution in [0.15, 0.2) is 43.0 Å². The maximum absolute atomic E-state index is 12.0. The Morgan fingerprint density at radius 2 is 1.95 bits per heavy atom. The van der Waals surface area contributed by atoms with E-state index >= 15 is 0 Å². The first-order valence-corrected chi connectivity index (χ1v) is 6.56. The predicted octanol–water partition coefficient (Wildman–Crippen LogP) is 1.14. The molecule has 0 aliphatic rings. The molecule has 1 atom stereocenters. The lowest BCUT2D eigenvalue weighted by molar-refractivity contribution is -0.141. The molecule has 7 heteroatoms. The molecular formula is C15H18N2O5. The summed E-state index contributed by atoms with van der Waals surface area (Å²) in [5, 5.41) is 8.65. The lowest BCUT2D eigenvalue weighted by Gasteiger charge is -2.21. The van der Waals surface area contributed by atoms with Crippen molar-refractivity contribution in [3.8, 4) is 0 Å². The van der Waals surface area contributed by atoms with Gasteiger partial charge >= 0.3 is 12.1 Å². The van der Waals surface area contributed by atoms with Crippen LogP contribution in [0.25, 0.3) is 0 Å². The van der Waals surface area contributed by atoms with Crippen LogP contribution in [0.5, 0.6) is 0 Å². The van der Waals surface area contributed by atoms with Crippen LogP contribution in [-0.4, -0.2) is 40.6 Å². The minimum atomic E-state index is -1.32. The summed E-state index contributed by atoms with van der Waals surface area (Å²) >= 11 is 0. The second-order valence-electron chi connectivity index (χ2n) is 4.48. The van der Waals surface area contributed by atoms with Crippen LogP contribution in [-0.2, 0) is 20.9 Å². The Balaban J connectivity index is 2.68. The van der Waals surface area contributed by atoms with E-state index in [4.69, 9.17) is 15.6 Å². The van der Waals surface area contributed by atoms with Crippen LogP contribution in [0.3, 0.4) is 0 Å². The van der Waals surface area contributed by atoms with Crippen molar-refractivity contribution in [3.63, 3.8) is 0 Å². The minimum absolute atomic E-state index is 0.00519. The third-order valence-electron chi connectivity index (χ3n) is 2.71. The second-order valence-corrected chi connectivity index (χ2v) is 4.48. The average Bonchev–Trinajstić information content (AvgIpc) is 2.50. The maximum atomic E-state index is 12.0. The highest BCUT2D eigenvalue weighted by Gasteiger charge is 2.28. The Morgan fingerprint density at radius 1 is 1.32 bits per heavy atom. The number of hydrogen-bond acceptors (Lipinski definition) is 5. The van der Waals surface area contributed by atoms with Crippen LogP contribution in [0.4, 0.5) is 4.79 Å². The standard InChI is InChI=1S/C15H18N2O5/c1-2-8-17(14(20)12(16)9-13(18)19)15(21)22-10-11-6-4-3-5-7-11/h2-7,12H,1,8-10,16H2,(H,18,19)/t12-/m0/s1. The van der Waals surface area contributed by atoms with Crippen molar-refractivity contribution in [2.75, 3.05) is 6.54 Å². The van der Waals surface area contributed by atoms with E-state index in [2.05, 4.69) is 6.58 Å². The zero-order valence-corrected chi connectivity index (χ0v) is 12.0. The fourth-order valence-corrected chi connectivity index (χ4v) is 1.66. The number of carbonyl (C=O) groups excluding carboxylic acids is 2. The Labute approximate surface area is 128 Å². The average molecular weight is 306 g/mol. The van der Waals surface area contributed by atoms with Crippen LogP contribution in [0.2, 0.25) is 0 Å². The van der Waals surface area contributed by atoms with E-state index in [1.807, 2.05) is 6.07 Å². The molecule has 22 heavy (non-hydrogen) atoms. The first-order valence-electron chi connectivity index (χ1n) is 6.56. The molecule has 0 fully saturated rings. The number of carboxylic acids is 1. The van der Waals surface area contributed by atoms with E-state index < -0.39 is 30.4 Å². The van der Waals surface area contributed by atoms with E-state index in [-0.39, 0.29) is 13.2 Å². The lowest BCUT2D eigenvalue weighted by atomic mass is 10.2. The Kier molecular flexibility index (Phi) is 6.78. The van der Waals surface area contributed by atoms with Crippen molar-refractivity contribution in [3.05, 3.63) is 48.6 Å². The minimum Gasteiger partial charge on any atom is -0.481 e. The highest BCUT2D eigenvalue weighted by molar-refractivity contribution is 5.96. The molecule has 3 N–H and O–H groups in total. The number of hydrogen-bond donors (Lipinski definition) is 2. The number of nitrogens with two attached hydrogens (primary N) is 1. The van der Waals surface area contributed by atoms with Crippen LogP contribution in [0.1, 0.15) is 12.0 Å². The van der Waals surface area contributed by atoms with Gasteiger partial charge in [-0.1, -0.05) is 36.4 Å². The molecule has 7 nitrogen and oxygen atoms in total. The molecule has 1 aromatic carbocycles. The molecule has 118 valence electrons. The van der Waals surface area contributed by atoms with E-state index in [9.17, 15) is 14.4 Å². The van der Waals surface area contributed by atoms with Gasteiger partial charge in [0.25, 0.3) is 0 Å². The zero-order chi connectivity index (χ0) is 16.5. The van der Waals surface area contributed by atoms with Gasteiger partial charge in [0.05, 0.1) is 12.5 Å². The Hall–Kier alpha value is -2.67. The first-order chi connectivity index (χ1) is 10.5. The van der Waals surface area contributed by atoms with Crippen molar-refractivity contribution in [2.45, 2.75) is 19.1 Å². The number of carboxylic acid groups (broad SMARTS) is 1. The number of carbonyl (C=O) groups is 3. The quantitative estimate of drug-likeness (QED) is 0.731. The molecule has 0 aliphatic carbocycles. The molecule has 0 radical (unpaired) electrons. The smallest absolute Gasteiger partial charge is 0.417 e. The number of benzene rings is 1. The second kappa shape index (κ2) is 8.58. The highest BCUT2D eigenvalue weighted by atomic mass is 16.6. The normalized spacial score (nSPS) is 11.3. The summed E-state index contributed by atoms with van der Waals surface area (Å²) < 4.78 is 5.03. The Bertz CT molecular complexity index is 544.